The van der Waals surface area contributed by atoms with E-state index in [1.807, 2.05) is 18.2 Å². The van der Waals surface area contributed by atoms with Crippen molar-refractivity contribution >= 4 is 21.6 Å². The van der Waals surface area contributed by atoms with Gasteiger partial charge in [-0.2, -0.15) is 4.31 Å². The lowest BCUT2D eigenvalue weighted by atomic mass is 9.91. The van der Waals surface area contributed by atoms with Gasteiger partial charge in [-0.3, -0.25) is 0 Å². The molecule has 0 spiro atoms. The van der Waals surface area contributed by atoms with Gasteiger partial charge in [-0.15, -0.1) is 0 Å². The van der Waals surface area contributed by atoms with Crippen molar-refractivity contribution in [1.82, 2.24) is 13.9 Å². The fourth-order valence-electron chi connectivity index (χ4n) is 2.99. The SMILES string of the molecule is Cn1cnc(S(=O)(=O)N2CCC(Cc3ccccc3)CC2)c1Cl. The summed E-state index contributed by atoms with van der Waals surface area (Å²) in [5.41, 5.74) is 1.31. The standard InChI is InChI=1S/C16H20ClN3O2S/c1-19-12-18-16(15(19)17)23(21,22)20-9-7-14(8-10-20)11-13-5-3-2-4-6-13/h2-6,12,14H,7-11H2,1H3. The fraction of sp³-hybridized carbons (Fsp3) is 0.438. The van der Waals surface area contributed by atoms with Crippen molar-refractivity contribution in [3.63, 3.8) is 0 Å². The molecule has 0 saturated carbocycles. The summed E-state index contributed by atoms with van der Waals surface area (Å²) in [6, 6.07) is 10.3. The summed E-state index contributed by atoms with van der Waals surface area (Å²) in [6.07, 6.45) is 4.15. The zero-order valence-electron chi connectivity index (χ0n) is 13.0. The number of sulfonamides is 1. The van der Waals surface area contributed by atoms with Gasteiger partial charge in [-0.25, -0.2) is 13.4 Å². The Morgan fingerprint density at radius 3 is 2.43 bits per heavy atom. The third-order valence-corrected chi connectivity index (χ3v) is 6.75. The first kappa shape index (κ1) is 16.5. The molecule has 7 heteroatoms. The van der Waals surface area contributed by atoms with Crippen LogP contribution in [-0.2, 0) is 23.5 Å². The smallest absolute Gasteiger partial charge is 0.263 e. The average molecular weight is 354 g/mol. The first-order valence-corrected chi connectivity index (χ1v) is 9.51. The molecule has 3 rings (SSSR count). The molecule has 0 radical (unpaired) electrons. The van der Waals surface area contributed by atoms with Gasteiger partial charge >= 0.3 is 0 Å². The Kier molecular flexibility index (Phi) is 4.75. The Hall–Kier alpha value is -1.37. The Morgan fingerprint density at radius 1 is 1.22 bits per heavy atom. The van der Waals surface area contributed by atoms with Gasteiger partial charge in [0.2, 0.25) is 5.03 Å². The van der Waals surface area contributed by atoms with Gasteiger partial charge in [0, 0.05) is 20.1 Å². The molecular weight excluding hydrogens is 334 g/mol. The molecule has 0 amide bonds. The molecule has 1 aromatic heterocycles. The molecule has 2 aromatic rings. The number of halogens is 1. The van der Waals surface area contributed by atoms with Gasteiger partial charge in [0.15, 0.2) is 0 Å². The van der Waals surface area contributed by atoms with Crippen LogP contribution < -0.4 is 0 Å². The molecule has 0 atom stereocenters. The van der Waals surface area contributed by atoms with Crippen molar-refractivity contribution in [1.29, 1.82) is 0 Å². The molecule has 0 aliphatic carbocycles. The number of imidazole rings is 1. The second-order valence-corrected chi connectivity index (χ2v) is 8.20. The van der Waals surface area contributed by atoms with Gasteiger partial charge in [-0.05, 0) is 30.7 Å². The van der Waals surface area contributed by atoms with Crippen molar-refractivity contribution in [2.75, 3.05) is 13.1 Å². The number of hydrogen-bond donors (Lipinski definition) is 0. The molecule has 2 heterocycles. The van der Waals surface area contributed by atoms with Crippen LogP contribution in [0.2, 0.25) is 5.15 Å². The molecule has 0 N–H and O–H groups in total. The molecule has 0 bridgehead atoms. The van der Waals surface area contributed by atoms with Crippen LogP contribution in [0.25, 0.3) is 0 Å². The summed E-state index contributed by atoms with van der Waals surface area (Å²) in [5, 5.41) is 0.125. The molecule has 1 fully saturated rings. The highest BCUT2D eigenvalue weighted by molar-refractivity contribution is 7.89. The number of rotatable bonds is 4. The van der Waals surface area contributed by atoms with Crippen LogP contribution in [0.1, 0.15) is 18.4 Å². The van der Waals surface area contributed by atoms with Crippen molar-refractivity contribution in [3.05, 3.63) is 47.4 Å². The van der Waals surface area contributed by atoms with Gasteiger partial charge < -0.3 is 4.57 Å². The average Bonchev–Trinajstić information content (AvgIpc) is 2.89. The van der Waals surface area contributed by atoms with Crippen molar-refractivity contribution < 1.29 is 8.42 Å². The van der Waals surface area contributed by atoms with E-state index >= 15 is 0 Å². The summed E-state index contributed by atoms with van der Waals surface area (Å²) in [6.45, 7) is 1.04. The van der Waals surface area contributed by atoms with Crippen LogP contribution >= 0.6 is 11.6 Å². The molecule has 124 valence electrons. The summed E-state index contributed by atoms with van der Waals surface area (Å²) in [7, 11) is -1.92. The zero-order chi connectivity index (χ0) is 16.4. The molecule has 1 saturated heterocycles. The van der Waals surface area contributed by atoms with Crippen molar-refractivity contribution in [2.45, 2.75) is 24.3 Å². The maximum atomic E-state index is 12.7. The third-order valence-electron chi connectivity index (χ3n) is 4.36. The summed E-state index contributed by atoms with van der Waals surface area (Å²) in [4.78, 5) is 3.95. The zero-order valence-corrected chi connectivity index (χ0v) is 14.6. The number of aryl methyl sites for hydroxylation is 1. The van der Waals surface area contributed by atoms with Crippen LogP contribution in [0.15, 0.2) is 41.7 Å². The van der Waals surface area contributed by atoms with Crippen LogP contribution in [0.4, 0.5) is 0 Å². The summed E-state index contributed by atoms with van der Waals surface area (Å²) < 4.78 is 28.3. The van der Waals surface area contributed by atoms with Crippen LogP contribution in [-0.4, -0.2) is 35.4 Å². The lowest BCUT2D eigenvalue weighted by molar-refractivity contribution is 0.272. The topological polar surface area (TPSA) is 55.2 Å². The minimum Gasteiger partial charge on any atom is -0.324 e. The molecule has 5 nitrogen and oxygen atoms in total. The number of benzene rings is 1. The summed E-state index contributed by atoms with van der Waals surface area (Å²) in [5.74, 6) is 0.517. The predicted octanol–water partition coefficient (Wildman–Crippen LogP) is 2.72. The Labute approximate surface area is 141 Å². The molecule has 1 aromatic carbocycles. The molecule has 1 aliphatic rings. The molecule has 0 unspecified atom stereocenters. The van der Waals surface area contributed by atoms with Gasteiger partial charge in [0.1, 0.15) is 5.15 Å². The lowest BCUT2D eigenvalue weighted by Crippen LogP contribution is -2.39. The Balaban J connectivity index is 1.65. The van der Waals surface area contributed by atoms with Crippen LogP contribution in [0.3, 0.4) is 0 Å². The normalized spacial score (nSPS) is 17.5. The minimum absolute atomic E-state index is 0.0387. The van der Waals surface area contributed by atoms with Crippen LogP contribution in [0, 0.1) is 5.92 Å². The number of aromatic nitrogens is 2. The van der Waals surface area contributed by atoms with E-state index in [4.69, 9.17) is 11.6 Å². The van der Waals surface area contributed by atoms with Crippen molar-refractivity contribution in [2.24, 2.45) is 13.0 Å². The quantitative estimate of drug-likeness (QED) is 0.849. The maximum Gasteiger partial charge on any atom is 0.263 e. The third kappa shape index (κ3) is 3.44. The molecular formula is C16H20ClN3O2S. The minimum atomic E-state index is -3.60. The predicted molar refractivity (Wildman–Crippen MR) is 89.8 cm³/mol. The van der Waals surface area contributed by atoms with E-state index in [9.17, 15) is 8.42 Å². The summed E-state index contributed by atoms with van der Waals surface area (Å²) >= 11 is 6.04. The highest BCUT2D eigenvalue weighted by Gasteiger charge is 2.33. The monoisotopic (exact) mass is 353 g/mol. The second-order valence-electron chi connectivity index (χ2n) is 5.99. The highest BCUT2D eigenvalue weighted by atomic mass is 35.5. The highest BCUT2D eigenvalue weighted by Crippen LogP contribution is 2.28. The fourth-order valence-corrected chi connectivity index (χ4v) is 4.85. The largest absolute Gasteiger partial charge is 0.324 e. The Morgan fingerprint density at radius 2 is 1.87 bits per heavy atom. The van der Waals surface area contributed by atoms with E-state index in [0.717, 1.165) is 19.3 Å². The second kappa shape index (κ2) is 6.63. The lowest BCUT2D eigenvalue weighted by Gasteiger charge is -2.30. The number of hydrogen-bond acceptors (Lipinski definition) is 3. The van der Waals surface area contributed by atoms with E-state index in [0.29, 0.717) is 19.0 Å². The van der Waals surface area contributed by atoms with Gasteiger partial charge in [0.05, 0.1) is 6.33 Å². The van der Waals surface area contributed by atoms with Gasteiger partial charge in [-0.1, -0.05) is 41.9 Å². The van der Waals surface area contributed by atoms with E-state index in [2.05, 4.69) is 17.1 Å². The van der Waals surface area contributed by atoms with E-state index < -0.39 is 10.0 Å². The van der Waals surface area contributed by atoms with Crippen molar-refractivity contribution in [3.8, 4) is 0 Å². The van der Waals surface area contributed by atoms with E-state index in [-0.39, 0.29) is 10.2 Å². The number of nitrogens with zero attached hydrogens (tertiary/aromatic N) is 3. The first-order chi connectivity index (χ1) is 11.0. The van der Waals surface area contributed by atoms with Crippen LogP contribution in [0.5, 0.6) is 0 Å². The molecule has 23 heavy (non-hydrogen) atoms. The van der Waals surface area contributed by atoms with Gasteiger partial charge in [0.25, 0.3) is 10.0 Å². The first-order valence-electron chi connectivity index (χ1n) is 7.69. The number of piperidine rings is 1. The Bertz CT molecular complexity index is 766. The molecule has 1 aliphatic heterocycles. The van der Waals surface area contributed by atoms with E-state index in [1.165, 1.54) is 20.8 Å². The van der Waals surface area contributed by atoms with E-state index in [1.54, 1.807) is 7.05 Å². The maximum absolute atomic E-state index is 12.7.